The minimum absolute atomic E-state index is 0.180. The third-order valence-electron chi connectivity index (χ3n) is 3.44. The van der Waals surface area contributed by atoms with Gasteiger partial charge in [-0.2, -0.15) is 0 Å². The highest BCUT2D eigenvalue weighted by Crippen LogP contribution is 2.15. The molecule has 0 radical (unpaired) electrons. The van der Waals surface area contributed by atoms with E-state index in [9.17, 15) is 24.3 Å². The van der Waals surface area contributed by atoms with E-state index in [1.807, 2.05) is 0 Å². The van der Waals surface area contributed by atoms with Gasteiger partial charge in [0.05, 0.1) is 23.3 Å². The van der Waals surface area contributed by atoms with Gasteiger partial charge < -0.3 is 9.84 Å². The fourth-order valence-electron chi connectivity index (χ4n) is 2.09. The molecule has 0 aliphatic heterocycles. The van der Waals surface area contributed by atoms with E-state index in [1.54, 1.807) is 6.92 Å². The van der Waals surface area contributed by atoms with Crippen molar-refractivity contribution in [2.45, 2.75) is 39.5 Å². The Bertz CT molecular complexity index is 720. The molecule has 0 saturated carbocycles. The Morgan fingerprint density at radius 3 is 2.37 bits per heavy atom. The van der Waals surface area contributed by atoms with Crippen molar-refractivity contribution in [1.82, 2.24) is 0 Å². The molecule has 1 N–H and O–H groups in total. The minimum atomic E-state index is -1.41. The molecule has 0 bridgehead atoms. The van der Waals surface area contributed by atoms with Crippen LogP contribution in [0.2, 0.25) is 0 Å². The van der Waals surface area contributed by atoms with E-state index in [0.717, 1.165) is 37.5 Å². The first-order valence-electron chi connectivity index (χ1n) is 8.50. The maximum Gasteiger partial charge on any atom is 0.386 e. The topological polar surface area (TPSA) is 116 Å². The van der Waals surface area contributed by atoms with Crippen LogP contribution in [-0.2, 0) is 19.3 Å². The average Bonchev–Trinajstić information content (AvgIpc) is 2.65. The summed E-state index contributed by atoms with van der Waals surface area (Å²) in [4.78, 5) is 55.1. The maximum absolute atomic E-state index is 12.1. The number of carboxylic acid groups (broad SMARTS) is 1. The Kier molecular flexibility index (Phi) is 9.28. The standard InChI is InChI=1S/C19H22O8/c1-3-5-6-7-11-25-19(24)14-10-9-13(12-15(14)17(21)22)18(23)27-26-16(20)8-4-2/h4,8-10,12H,3,5-7,11H2,1-2H3,(H,21,22). The van der Waals surface area contributed by atoms with Crippen LogP contribution in [-0.4, -0.2) is 35.6 Å². The maximum atomic E-state index is 12.1. The van der Waals surface area contributed by atoms with E-state index >= 15 is 0 Å². The number of aromatic carboxylic acids is 1. The molecule has 0 amide bonds. The predicted molar refractivity (Wildman–Crippen MR) is 94.1 cm³/mol. The van der Waals surface area contributed by atoms with E-state index in [4.69, 9.17) is 4.74 Å². The number of carbonyl (C=O) groups excluding carboxylic acids is 3. The van der Waals surface area contributed by atoms with Crippen LogP contribution in [0.25, 0.3) is 0 Å². The summed E-state index contributed by atoms with van der Waals surface area (Å²) < 4.78 is 5.08. The van der Waals surface area contributed by atoms with Crippen LogP contribution in [0.1, 0.15) is 70.6 Å². The van der Waals surface area contributed by atoms with Gasteiger partial charge in [0.2, 0.25) is 0 Å². The van der Waals surface area contributed by atoms with Crippen LogP contribution in [0.15, 0.2) is 30.4 Å². The minimum Gasteiger partial charge on any atom is -0.478 e. The number of carbonyl (C=O) groups is 4. The van der Waals surface area contributed by atoms with Gasteiger partial charge in [-0.3, -0.25) is 0 Å². The molecule has 0 aliphatic rings. The Hall–Kier alpha value is -3.16. The number of rotatable bonds is 9. The van der Waals surface area contributed by atoms with E-state index in [2.05, 4.69) is 16.7 Å². The summed E-state index contributed by atoms with van der Waals surface area (Å²) in [5, 5.41) is 9.30. The Morgan fingerprint density at radius 1 is 1.00 bits per heavy atom. The molecule has 0 saturated heterocycles. The third-order valence-corrected chi connectivity index (χ3v) is 3.44. The lowest BCUT2D eigenvalue weighted by molar-refractivity contribution is -0.228. The first-order valence-corrected chi connectivity index (χ1v) is 8.50. The van der Waals surface area contributed by atoms with Crippen molar-refractivity contribution in [3.05, 3.63) is 47.0 Å². The second kappa shape index (κ2) is 11.5. The molecule has 8 heteroatoms. The molecule has 146 valence electrons. The van der Waals surface area contributed by atoms with Crippen molar-refractivity contribution in [2.24, 2.45) is 0 Å². The number of allylic oxidation sites excluding steroid dienone is 1. The van der Waals surface area contributed by atoms with Gasteiger partial charge in [0, 0.05) is 6.08 Å². The third kappa shape index (κ3) is 7.31. The SMILES string of the molecule is CC=CC(=O)OOC(=O)c1ccc(C(=O)OCCCCCC)c(C(=O)O)c1. The molecule has 0 heterocycles. The Labute approximate surface area is 156 Å². The van der Waals surface area contributed by atoms with Gasteiger partial charge in [0.15, 0.2) is 0 Å². The van der Waals surface area contributed by atoms with Crippen molar-refractivity contribution in [3.63, 3.8) is 0 Å². The summed E-state index contributed by atoms with van der Waals surface area (Å²) in [6.07, 6.45) is 6.08. The molecule has 0 atom stereocenters. The van der Waals surface area contributed by atoms with Gasteiger partial charge in [-0.25, -0.2) is 29.0 Å². The van der Waals surface area contributed by atoms with E-state index in [-0.39, 0.29) is 17.7 Å². The summed E-state index contributed by atoms with van der Waals surface area (Å²) >= 11 is 0. The first kappa shape index (κ1) is 21.9. The van der Waals surface area contributed by atoms with Crippen molar-refractivity contribution in [2.75, 3.05) is 6.61 Å². The van der Waals surface area contributed by atoms with Gasteiger partial charge in [-0.15, -0.1) is 0 Å². The lowest BCUT2D eigenvalue weighted by Crippen LogP contribution is -2.15. The fourth-order valence-corrected chi connectivity index (χ4v) is 2.09. The highest BCUT2D eigenvalue weighted by atomic mass is 17.2. The fraction of sp³-hybridized carbons (Fsp3) is 0.368. The van der Waals surface area contributed by atoms with E-state index < -0.39 is 29.4 Å². The van der Waals surface area contributed by atoms with Crippen LogP contribution < -0.4 is 0 Å². The smallest absolute Gasteiger partial charge is 0.386 e. The van der Waals surface area contributed by atoms with Crippen LogP contribution in [0.5, 0.6) is 0 Å². The Balaban J connectivity index is 2.81. The molecule has 0 aliphatic carbocycles. The second-order valence-corrected chi connectivity index (χ2v) is 5.54. The van der Waals surface area contributed by atoms with Gasteiger partial charge in [0.25, 0.3) is 0 Å². The average molecular weight is 378 g/mol. The molecule has 27 heavy (non-hydrogen) atoms. The number of carboxylic acids is 1. The van der Waals surface area contributed by atoms with Crippen molar-refractivity contribution < 1.29 is 38.8 Å². The summed E-state index contributed by atoms with van der Waals surface area (Å²) in [5.74, 6) is -4.17. The number of ether oxygens (including phenoxy) is 1. The molecule has 8 nitrogen and oxygen atoms in total. The number of unbranched alkanes of at least 4 members (excludes halogenated alkanes) is 3. The quantitative estimate of drug-likeness (QED) is 0.229. The number of hydrogen-bond donors (Lipinski definition) is 1. The van der Waals surface area contributed by atoms with E-state index in [0.29, 0.717) is 6.42 Å². The number of esters is 1. The molecule has 1 rings (SSSR count). The van der Waals surface area contributed by atoms with Gasteiger partial charge >= 0.3 is 23.9 Å². The largest absolute Gasteiger partial charge is 0.478 e. The molecule has 0 fully saturated rings. The Morgan fingerprint density at radius 2 is 1.74 bits per heavy atom. The first-order chi connectivity index (χ1) is 12.9. The van der Waals surface area contributed by atoms with Gasteiger partial charge in [-0.1, -0.05) is 32.3 Å². The van der Waals surface area contributed by atoms with Crippen LogP contribution in [0, 0.1) is 0 Å². The van der Waals surface area contributed by atoms with Crippen LogP contribution >= 0.6 is 0 Å². The molecule has 0 unspecified atom stereocenters. The van der Waals surface area contributed by atoms with E-state index in [1.165, 1.54) is 12.1 Å². The summed E-state index contributed by atoms with van der Waals surface area (Å²) in [5.41, 5.74) is -0.789. The van der Waals surface area contributed by atoms with Gasteiger partial charge in [-0.05, 0) is 31.5 Å². The van der Waals surface area contributed by atoms with Crippen molar-refractivity contribution in [1.29, 1.82) is 0 Å². The molecular formula is C19H22O8. The zero-order valence-corrected chi connectivity index (χ0v) is 15.2. The molecular weight excluding hydrogens is 356 g/mol. The molecule has 1 aromatic rings. The lowest BCUT2D eigenvalue weighted by atomic mass is 10.0. The number of benzene rings is 1. The van der Waals surface area contributed by atoms with Gasteiger partial charge in [0.1, 0.15) is 0 Å². The highest BCUT2D eigenvalue weighted by Gasteiger charge is 2.21. The lowest BCUT2D eigenvalue weighted by Gasteiger charge is -2.09. The monoisotopic (exact) mass is 378 g/mol. The van der Waals surface area contributed by atoms with Crippen molar-refractivity contribution >= 4 is 23.9 Å². The normalized spacial score (nSPS) is 10.4. The zero-order valence-electron chi connectivity index (χ0n) is 15.2. The molecule has 1 aromatic carbocycles. The summed E-state index contributed by atoms with van der Waals surface area (Å²) in [6.45, 7) is 3.81. The molecule has 0 aromatic heterocycles. The highest BCUT2D eigenvalue weighted by molar-refractivity contribution is 6.04. The van der Waals surface area contributed by atoms with Crippen LogP contribution in [0.3, 0.4) is 0 Å². The van der Waals surface area contributed by atoms with Crippen LogP contribution in [0.4, 0.5) is 0 Å². The summed E-state index contributed by atoms with van der Waals surface area (Å²) in [6, 6.07) is 3.30. The number of hydrogen-bond acceptors (Lipinski definition) is 7. The summed E-state index contributed by atoms with van der Waals surface area (Å²) in [7, 11) is 0. The van der Waals surface area contributed by atoms with Crippen molar-refractivity contribution in [3.8, 4) is 0 Å². The zero-order chi connectivity index (χ0) is 20.2. The predicted octanol–water partition coefficient (Wildman–Crippen LogP) is 3.31. The second-order valence-electron chi connectivity index (χ2n) is 5.54. The molecule has 0 spiro atoms.